The second-order valence-electron chi connectivity index (χ2n) is 6.54. The van der Waals surface area contributed by atoms with Crippen LogP contribution in [0.15, 0.2) is 24.3 Å². The van der Waals surface area contributed by atoms with E-state index in [-0.39, 0.29) is 23.8 Å². The van der Waals surface area contributed by atoms with Gasteiger partial charge in [-0.2, -0.15) is 0 Å². The smallest absolute Gasteiger partial charge is 0.323 e. The SMILES string of the molecule is O=C(O)CN(Cc1ccc(Cl)cc1)C(=O)C1CC12CCCC2. The lowest BCUT2D eigenvalue weighted by atomic mass is 10.0. The average Bonchev–Trinajstić information content (AvgIpc) is 2.96. The number of carbonyl (C=O) groups excluding carboxylic acids is 1. The highest BCUT2D eigenvalue weighted by Crippen LogP contribution is 2.63. The molecule has 1 aromatic carbocycles. The number of nitrogens with zero attached hydrogens (tertiary/aromatic N) is 1. The number of rotatable bonds is 5. The lowest BCUT2D eigenvalue weighted by Crippen LogP contribution is -2.37. The Labute approximate surface area is 135 Å². The Balaban J connectivity index is 1.70. The molecule has 1 spiro atoms. The third kappa shape index (κ3) is 3.12. The van der Waals surface area contributed by atoms with Crippen molar-refractivity contribution in [1.82, 2.24) is 4.90 Å². The largest absolute Gasteiger partial charge is 0.480 e. The van der Waals surface area contributed by atoms with Gasteiger partial charge in [-0.3, -0.25) is 9.59 Å². The van der Waals surface area contributed by atoms with Gasteiger partial charge in [-0.05, 0) is 42.4 Å². The molecule has 3 rings (SSSR count). The fourth-order valence-electron chi connectivity index (χ4n) is 3.73. The van der Waals surface area contributed by atoms with E-state index in [0.717, 1.165) is 24.8 Å². The van der Waals surface area contributed by atoms with E-state index in [1.807, 2.05) is 12.1 Å². The van der Waals surface area contributed by atoms with Crippen LogP contribution in [0.25, 0.3) is 0 Å². The normalized spacial score (nSPS) is 21.8. The first-order valence-corrected chi connectivity index (χ1v) is 8.13. The zero-order valence-electron chi connectivity index (χ0n) is 12.4. The van der Waals surface area contributed by atoms with Crippen LogP contribution >= 0.6 is 11.6 Å². The van der Waals surface area contributed by atoms with Crippen molar-refractivity contribution in [2.75, 3.05) is 6.54 Å². The Hall–Kier alpha value is -1.55. The molecular weight excluding hydrogens is 302 g/mol. The van der Waals surface area contributed by atoms with Crippen LogP contribution in [-0.4, -0.2) is 28.4 Å². The molecule has 1 aromatic rings. The molecule has 2 saturated carbocycles. The lowest BCUT2D eigenvalue weighted by Gasteiger charge is -2.22. The molecule has 0 saturated heterocycles. The molecule has 1 atom stereocenters. The Morgan fingerprint density at radius 1 is 1.23 bits per heavy atom. The monoisotopic (exact) mass is 321 g/mol. The van der Waals surface area contributed by atoms with Crippen molar-refractivity contribution in [2.24, 2.45) is 11.3 Å². The molecule has 0 aliphatic heterocycles. The maximum absolute atomic E-state index is 12.7. The van der Waals surface area contributed by atoms with E-state index in [1.54, 1.807) is 12.1 Å². The van der Waals surface area contributed by atoms with Crippen LogP contribution in [0.5, 0.6) is 0 Å². The van der Waals surface area contributed by atoms with Gasteiger partial charge in [0.25, 0.3) is 0 Å². The third-order valence-electron chi connectivity index (χ3n) is 5.01. The second-order valence-corrected chi connectivity index (χ2v) is 6.98. The summed E-state index contributed by atoms with van der Waals surface area (Å²) in [4.78, 5) is 25.3. The highest BCUT2D eigenvalue weighted by atomic mass is 35.5. The summed E-state index contributed by atoms with van der Waals surface area (Å²) in [6.07, 6.45) is 5.55. The summed E-state index contributed by atoms with van der Waals surface area (Å²) in [5, 5.41) is 9.73. The van der Waals surface area contributed by atoms with Gasteiger partial charge >= 0.3 is 5.97 Å². The van der Waals surface area contributed by atoms with Crippen molar-refractivity contribution >= 4 is 23.5 Å². The predicted octanol–water partition coefficient (Wildman–Crippen LogP) is 3.33. The van der Waals surface area contributed by atoms with Crippen molar-refractivity contribution in [3.05, 3.63) is 34.9 Å². The van der Waals surface area contributed by atoms with Crippen LogP contribution < -0.4 is 0 Å². The van der Waals surface area contributed by atoms with E-state index in [2.05, 4.69) is 0 Å². The van der Waals surface area contributed by atoms with Crippen LogP contribution in [0.1, 0.15) is 37.7 Å². The topological polar surface area (TPSA) is 57.6 Å². The molecule has 22 heavy (non-hydrogen) atoms. The lowest BCUT2D eigenvalue weighted by molar-refractivity contribution is -0.145. The van der Waals surface area contributed by atoms with Crippen LogP contribution in [0, 0.1) is 11.3 Å². The van der Waals surface area contributed by atoms with Crippen LogP contribution in [0.2, 0.25) is 5.02 Å². The molecule has 2 aliphatic carbocycles. The van der Waals surface area contributed by atoms with Crippen LogP contribution in [-0.2, 0) is 16.1 Å². The van der Waals surface area contributed by atoms with Crippen molar-refractivity contribution in [1.29, 1.82) is 0 Å². The Bertz CT molecular complexity index is 578. The molecule has 0 aromatic heterocycles. The van der Waals surface area contributed by atoms with Gasteiger partial charge < -0.3 is 10.0 Å². The second kappa shape index (κ2) is 5.92. The zero-order valence-corrected chi connectivity index (χ0v) is 13.2. The van der Waals surface area contributed by atoms with Crippen molar-refractivity contribution in [2.45, 2.75) is 38.6 Å². The summed E-state index contributed by atoms with van der Waals surface area (Å²) in [5.41, 5.74) is 1.09. The number of carboxylic acids is 1. The third-order valence-corrected chi connectivity index (χ3v) is 5.26. The summed E-state index contributed by atoms with van der Waals surface area (Å²) in [5.74, 6) is -0.940. The quantitative estimate of drug-likeness (QED) is 0.905. The fourth-order valence-corrected chi connectivity index (χ4v) is 3.86. The van der Waals surface area contributed by atoms with Crippen molar-refractivity contribution in [3.63, 3.8) is 0 Å². The first-order valence-electron chi connectivity index (χ1n) is 7.75. The highest BCUT2D eigenvalue weighted by molar-refractivity contribution is 6.30. The minimum atomic E-state index is -0.969. The molecule has 1 amide bonds. The van der Waals surface area contributed by atoms with Gasteiger partial charge in [-0.15, -0.1) is 0 Å². The predicted molar refractivity (Wildman–Crippen MR) is 83.5 cm³/mol. The van der Waals surface area contributed by atoms with Gasteiger partial charge in [0, 0.05) is 17.5 Å². The van der Waals surface area contributed by atoms with Crippen molar-refractivity contribution in [3.8, 4) is 0 Å². The van der Waals surface area contributed by atoms with E-state index in [0.29, 0.717) is 11.6 Å². The van der Waals surface area contributed by atoms with Gasteiger partial charge in [0.1, 0.15) is 6.54 Å². The molecule has 2 aliphatic rings. The summed E-state index contributed by atoms with van der Waals surface area (Å²) in [7, 11) is 0. The minimum Gasteiger partial charge on any atom is -0.480 e. The zero-order chi connectivity index (χ0) is 15.7. The summed E-state index contributed by atoms with van der Waals surface area (Å²) in [6, 6.07) is 7.19. The van der Waals surface area contributed by atoms with E-state index in [1.165, 1.54) is 17.7 Å². The number of amides is 1. The summed E-state index contributed by atoms with van der Waals surface area (Å²) in [6.45, 7) is 0.0862. The molecule has 5 heteroatoms. The first-order chi connectivity index (χ1) is 10.5. The maximum Gasteiger partial charge on any atom is 0.323 e. The Morgan fingerprint density at radius 3 is 2.45 bits per heavy atom. The molecule has 1 N–H and O–H groups in total. The number of benzene rings is 1. The van der Waals surface area contributed by atoms with Gasteiger partial charge in [-0.25, -0.2) is 0 Å². The van der Waals surface area contributed by atoms with Gasteiger partial charge in [0.05, 0.1) is 0 Å². The van der Waals surface area contributed by atoms with E-state index >= 15 is 0 Å². The van der Waals surface area contributed by atoms with Crippen LogP contribution in [0.3, 0.4) is 0 Å². The first kappa shape index (κ1) is 15.3. The van der Waals surface area contributed by atoms with Crippen LogP contribution in [0.4, 0.5) is 0 Å². The van der Waals surface area contributed by atoms with Gasteiger partial charge in [0.15, 0.2) is 0 Å². The average molecular weight is 322 g/mol. The molecule has 4 nitrogen and oxygen atoms in total. The number of carbonyl (C=O) groups is 2. The van der Waals surface area contributed by atoms with Gasteiger partial charge in [0.2, 0.25) is 5.91 Å². The summed E-state index contributed by atoms with van der Waals surface area (Å²) >= 11 is 5.86. The molecule has 0 bridgehead atoms. The van der Waals surface area contributed by atoms with E-state index in [4.69, 9.17) is 16.7 Å². The van der Waals surface area contributed by atoms with Gasteiger partial charge in [-0.1, -0.05) is 36.6 Å². The molecular formula is C17H20ClNO3. The van der Waals surface area contributed by atoms with E-state index in [9.17, 15) is 9.59 Å². The molecule has 118 valence electrons. The Morgan fingerprint density at radius 2 is 1.86 bits per heavy atom. The van der Waals surface area contributed by atoms with E-state index < -0.39 is 5.97 Å². The fraction of sp³-hybridized carbons (Fsp3) is 0.529. The number of hydrogen-bond donors (Lipinski definition) is 1. The maximum atomic E-state index is 12.7. The minimum absolute atomic E-state index is 0.000694. The molecule has 2 fully saturated rings. The standard InChI is InChI=1S/C17H20ClNO3/c18-13-5-3-12(4-6-13)10-19(11-15(20)21)16(22)14-9-17(14)7-1-2-8-17/h3-6,14H,1-2,7-11H2,(H,20,21). The number of halogens is 1. The molecule has 1 unspecified atom stereocenters. The number of carboxylic acid groups (broad SMARTS) is 1. The number of hydrogen-bond acceptors (Lipinski definition) is 2. The summed E-state index contributed by atoms with van der Waals surface area (Å²) < 4.78 is 0. The molecule has 0 radical (unpaired) electrons. The Kier molecular flexibility index (Phi) is 4.13. The highest BCUT2D eigenvalue weighted by Gasteiger charge is 2.59. The van der Waals surface area contributed by atoms with Crippen molar-refractivity contribution < 1.29 is 14.7 Å². The number of aliphatic carboxylic acids is 1. The molecule has 0 heterocycles.